The number of fused-ring (bicyclic) bond motifs is 1. The predicted octanol–water partition coefficient (Wildman–Crippen LogP) is 2.33. The number of amides is 3. The second-order valence-electron chi connectivity index (χ2n) is 8.62. The number of esters is 1. The third-order valence-corrected chi connectivity index (χ3v) is 6.57. The van der Waals surface area contributed by atoms with Gasteiger partial charge >= 0.3 is 5.97 Å². The number of hydrogen-bond acceptors (Lipinski definition) is 6. The molecular weight excluding hydrogens is 398 g/mol. The molecule has 1 saturated carbocycles. The van der Waals surface area contributed by atoms with Crippen molar-refractivity contribution in [2.24, 2.45) is 11.8 Å². The molecule has 1 aromatic carbocycles. The Hall–Kier alpha value is -2.90. The fraction of sp³-hybridized carbons (Fsp3) is 0.565. The van der Waals surface area contributed by atoms with Crippen LogP contribution in [0.3, 0.4) is 0 Å². The minimum Gasteiger partial charge on any atom is -0.454 e. The van der Waals surface area contributed by atoms with Crippen LogP contribution in [0.2, 0.25) is 0 Å². The highest BCUT2D eigenvalue weighted by atomic mass is 16.5. The van der Waals surface area contributed by atoms with E-state index in [2.05, 4.69) is 10.2 Å². The van der Waals surface area contributed by atoms with Crippen LogP contribution < -0.4 is 10.2 Å². The molecule has 0 aromatic heterocycles. The van der Waals surface area contributed by atoms with Crippen LogP contribution in [0.15, 0.2) is 24.3 Å². The van der Waals surface area contributed by atoms with E-state index in [1.54, 1.807) is 0 Å². The van der Waals surface area contributed by atoms with Crippen molar-refractivity contribution in [3.8, 4) is 0 Å². The maximum Gasteiger partial charge on any atom is 0.329 e. The topological polar surface area (TPSA) is 96.0 Å². The van der Waals surface area contributed by atoms with E-state index in [0.717, 1.165) is 36.5 Å². The highest BCUT2D eigenvalue weighted by Crippen LogP contribution is 2.38. The molecule has 3 aliphatic rings. The highest BCUT2D eigenvalue weighted by Gasteiger charge is 2.51. The Morgan fingerprint density at radius 3 is 2.16 bits per heavy atom. The number of carbonyl (C=O) groups excluding carboxylic acids is 4. The number of ether oxygens (including phenoxy) is 1. The minimum atomic E-state index is -1.03. The smallest absolute Gasteiger partial charge is 0.329 e. The van der Waals surface area contributed by atoms with E-state index >= 15 is 0 Å². The monoisotopic (exact) mass is 427 g/mol. The molecule has 3 fully saturated rings. The van der Waals surface area contributed by atoms with Crippen LogP contribution in [0.1, 0.15) is 45.4 Å². The van der Waals surface area contributed by atoms with Gasteiger partial charge in [-0.1, -0.05) is 12.8 Å². The second-order valence-corrected chi connectivity index (χ2v) is 8.62. The number of likely N-dealkylation sites (tertiary alicyclic amines) is 1. The SMILES string of the molecule is C[C@@H](C(=O)OCC(=O)Nc1ccc(N2CCCC2)cc1)N1C(=O)[C@H]2CCCC[C@H]2C1=O. The van der Waals surface area contributed by atoms with E-state index in [4.69, 9.17) is 4.74 Å². The fourth-order valence-electron chi connectivity index (χ4n) is 4.86. The van der Waals surface area contributed by atoms with Gasteiger partial charge in [0.2, 0.25) is 11.8 Å². The maximum absolute atomic E-state index is 12.6. The van der Waals surface area contributed by atoms with Gasteiger partial charge in [-0.3, -0.25) is 19.3 Å². The molecular formula is C23H29N3O5. The molecule has 2 heterocycles. The van der Waals surface area contributed by atoms with Crippen LogP contribution in [0.4, 0.5) is 11.4 Å². The maximum atomic E-state index is 12.6. The van der Waals surface area contributed by atoms with Crippen LogP contribution in [0.25, 0.3) is 0 Å². The number of nitrogens with one attached hydrogen (secondary N) is 1. The standard InChI is InChI=1S/C23H29N3O5/c1-15(26-21(28)18-6-2-3-7-19(18)22(26)29)23(30)31-14-20(27)24-16-8-10-17(11-9-16)25-12-4-5-13-25/h8-11,15,18-19H,2-7,12-14H2,1H3,(H,24,27)/t15-,18-,19+/m0/s1. The Morgan fingerprint density at radius 1 is 1.00 bits per heavy atom. The van der Waals surface area contributed by atoms with Gasteiger partial charge in [0.05, 0.1) is 11.8 Å². The van der Waals surface area contributed by atoms with Gasteiger partial charge in [-0.2, -0.15) is 0 Å². The first-order valence-corrected chi connectivity index (χ1v) is 11.1. The molecule has 8 heteroatoms. The van der Waals surface area contributed by atoms with E-state index in [1.807, 2.05) is 24.3 Å². The Bertz CT molecular complexity index is 838. The van der Waals surface area contributed by atoms with Crippen molar-refractivity contribution in [1.29, 1.82) is 0 Å². The van der Waals surface area contributed by atoms with E-state index in [0.29, 0.717) is 18.5 Å². The zero-order valence-electron chi connectivity index (χ0n) is 17.8. The van der Waals surface area contributed by atoms with Crippen molar-refractivity contribution < 1.29 is 23.9 Å². The molecule has 166 valence electrons. The van der Waals surface area contributed by atoms with Crippen molar-refractivity contribution in [3.05, 3.63) is 24.3 Å². The Kier molecular flexibility index (Phi) is 6.25. The molecule has 0 spiro atoms. The number of anilines is 2. The Balaban J connectivity index is 1.27. The summed E-state index contributed by atoms with van der Waals surface area (Å²) in [4.78, 5) is 53.2. The molecule has 3 amide bonds. The summed E-state index contributed by atoms with van der Waals surface area (Å²) >= 11 is 0. The molecule has 3 atom stereocenters. The lowest BCUT2D eigenvalue weighted by Gasteiger charge is -2.21. The van der Waals surface area contributed by atoms with Gasteiger partial charge in [0, 0.05) is 24.5 Å². The van der Waals surface area contributed by atoms with E-state index in [1.165, 1.54) is 19.8 Å². The van der Waals surface area contributed by atoms with Gasteiger partial charge in [-0.25, -0.2) is 4.79 Å². The molecule has 1 aromatic rings. The van der Waals surface area contributed by atoms with Gasteiger partial charge in [-0.05, 0) is 56.9 Å². The summed E-state index contributed by atoms with van der Waals surface area (Å²) in [5, 5.41) is 2.70. The van der Waals surface area contributed by atoms with Gasteiger partial charge in [-0.15, -0.1) is 0 Å². The van der Waals surface area contributed by atoms with Crippen LogP contribution in [0, 0.1) is 11.8 Å². The molecule has 2 aliphatic heterocycles. The Labute approximate surface area is 181 Å². The van der Waals surface area contributed by atoms with Crippen molar-refractivity contribution in [3.63, 3.8) is 0 Å². The molecule has 8 nitrogen and oxygen atoms in total. The van der Waals surface area contributed by atoms with E-state index < -0.39 is 24.5 Å². The Morgan fingerprint density at radius 2 is 1.58 bits per heavy atom. The highest BCUT2D eigenvalue weighted by molar-refractivity contribution is 6.08. The third kappa shape index (κ3) is 4.43. The second kappa shape index (κ2) is 9.08. The molecule has 2 saturated heterocycles. The first-order valence-electron chi connectivity index (χ1n) is 11.1. The molecule has 31 heavy (non-hydrogen) atoms. The minimum absolute atomic E-state index is 0.290. The van der Waals surface area contributed by atoms with Crippen LogP contribution in [0.5, 0.6) is 0 Å². The van der Waals surface area contributed by atoms with Gasteiger partial charge in [0.1, 0.15) is 6.04 Å². The number of carbonyl (C=O) groups is 4. The van der Waals surface area contributed by atoms with Crippen molar-refractivity contribution in [2.75, 3.05) is 29.9 Å². The average molecular weight is 428 g/mol. The fourth-order valence-corrected chi connectivity index (χ4v) is 4.86. The molecule has 0 unspecified atom stereocenters. The van der Waals surface area contributed by atoms with E-state index in [9.17, 15) is 19.2 Å². The molecule has 4 rings (SSSR count). The van der Waals surface area contributed by atoms with Crippen LogP contribution in [-0.4, -0.2) is 54.3 Å². The summed E-state index contributed by atoms with van der Waals surface area (Å²) < 4.78 is 5.10. The lowest BCUT2D eigenvalue weighted by atomic mass is 9.81. The molecule has 0 radical (unpaired) electrons. The van der Waals surface area contributed by atoms with Crippen LogP contribution >= 0.6 is 0 Å². The van der Waals surface area contributed by atoms with Crippen molar-refractivity contribution in [1.82, 2.24) is 4.90 Å². The molecule has 1 N–H and O–H groups in total. The number of nitrogens with zero attached hydrogens (tertiary/aromatic N) is 2. The summed E-state index contributed by atoms with van der Waals surface area (Å²) in [6, 6.07) is 6.52. The zero-order chi connectivity index (χ0) is 22.0. The van der Waals surface area contributed by atoms with Gasteiger partial charge in [0.15, 0.2) is 6.61 Å². The van der Waals surface area contributed by atoms with Crippen LogP contribution in [-0.2, 0) is 23.9 Å². The summed E-state index contributed by atoms with van der Waals surface area (Å²) in [7, 11) is 0. The zero-order valence-corrected chi connectivity index (χ0v) is 17.8. The largest absolute Gasteiger partial charge is 0.454 e. The van der Waals surface area contributed by atoms with Gasteiger partial charge < -0.3 is 15.0 Å². The quantitative estimate of drug-likeness (QED) is 0.553. The van der Waals surface area contributed by atoms with Crippen molar-refractivity contribution in [2.45, 2.75) is 51.5 Å². The summed E-state index contributed by atoms with van der Waals surface area (Å²) in [5.74, 6) is -2.43. The van der Waals surface area contributed by atoms with E-state index in [-0.39, 0.29) is 23.7 Å². The normalized spacial score (nSPS) is 24.2. The first kappa shape index (κ1) is 21.3. The number of imide groups is 1. The van der Waals surface area contributed by atoms with Gasteiger partial charge in [0.25, 0.3) is 5.91 Å². The predicted molar refractivity (Wildman–Crippen MR) is 114 cm³/mol. The lowest BCUT2D eigenvalue weighted by molar-refractivity contribution is -0.159. The van der Waals surface area contributed by atoms with Crippen molar-refractivity contribution >= 4 is 35.1 Å². The number of rotatable bonds is 6. The summed E-state index contributed by atoms with van der Waals surface area (Å²) in [5.41, 5.74) is 1.74. The third-order valence-electron chi connectivity index (χ3n) is 6.57. The molecule has 0 bridgehead atoms. The molecule has 1 aliphatic carbocycles. The number of benzene rings is 1. The number of hydrogen-bond donors (Lipinski definition) is 1. The summed E-state index contributed by atoms with van der Waals surface area (Å²) in [6.07, 6.45) is 5.60. The average Bonchev–Trinajstić information content (AvgIpc) is 3.40. The lowest BCUT2D eigenvalue weighted by Crippen LogP contribution is -2.45. The summed E-state index contributed by atoms with van der Waals surface area (Å²) in [6.45, 7) is 3.09. The first-order chi connectivity index (χ1) is 15.0.